The smallest absolute Gasteiger partial charge is 0.0181 e. The molecular weight excluding hydrogens is 288 g/mol. The molecule has 4 aromatic rings. The molecule has 0 saturated carbocycles. The maximum absolute atomic E-state index is 2.31. The van der Waals surface area contributed by atoms with E-state index in [4.69, 9.17) is 0 Å². The molecule has 0 radical (unpaired) electrons. The summed E-state index contributed by atoms with van der Waals surface area (Å²) in [5.41, 5.74) is 5.35. The Balaban J connectivity index is 1.47. The van der Waals surface area contributed by atoms with E-state index in [2.05, 4.69) is 97.1 Å². The van der Waals surface area contributed by atoms with Crippen molar-refractivity contribution in [3.8, 4) is 11.1 Å². The lowest BCUT2D eigenvalue weighted by atomic mass is 9.99. The molecule has 0 N–H and O–H groups in total. The average Bonchev–Trinajstić information content (AvgIpc) is 2.67. The van der Waals surface area contributed by atoms with Gasteiger partial charge in [0.25, 0.3) is 0 Å². The Labute approximate surface area is 143 Å². The molecule has 0 aliphatic rings. The van der Waals surface area contributed by atoms with E-state index in [9.17, 15) is 0 Å². The summed E-state index contributed by atoms with van der Waals surface area (Å²) in [6.07, 6.45) is 2.16. The molecule has 0 heteroatoms. The van der Waals surface area contributed by atoms with Crippen molar-refractivity contribution >= 4 is 10.8 Å². The van der Waals surface area contributed by atoms with E-state index in [-0.39, 0.29) is 0 Å². The SMILES string of the molecule is c1ccc(-c2ccc(CCc3ccc4ccccc4c3)cc2)cc1. The first-order valence-corrected chi connectivity index (χ1v) is 8.50. The van der Waals surface area contributed by atoms with Crippen LogP contribution in [0.2, 0.25) is 0 Å². The fraction of sp³-hybridized carbons (Fsp3) is 0.0833. The van der Waals surface area contributed by atoms with Gasteiger partial charge >= 0.3 is 0 Å². The molecule has 24 heavy (non-hydrogen) atoms. The average molecular weight is 308 g/mol. The first-order chi connectivity index (χ1) is 11.9. The molecule has 0 spiro atoms. The second kappa shape index (κ2) is 6.72. The van der Waals surface area contributed by atoms with Gasteiger partial charge in [0.2, 0.25) is 0 Å². The molecule has 0 aromatic heterocycles. The Morgan fingerprint density at radius 1 is 0.417 bits per heavy atom. The van der Waals surface area contributed by atoms with Gasteiger partial charge in [0.15, 0.2) is 0 Å². The molecule has 0 bridgehead atoms. The van der Waals surface area contributed by atoms with Crippen LogP contribution in [0, 0.1) is 0 Å². The molecule has 0 atom stereocenters. The van der Waals surface area contributed by atoms with Gasteiger partial charge in [0.1, 0.15) is 0 Å². The van der Waals surface area contributed by atoms with Crippen molar-refractivity contribution < 1.29 is 0 Å². The summed E-state index contributed by atoms with van der Waals surface area (Å²) in [7, 11) is 0. The van der Waals surface area contributed by atoms with E-state index in [0.717, 1.165) is 12.8 Å². The lowest BCUT2D eigenvalue weighted by Gasteiger charge is -2.06. The highest BCUT2D eigenvalue weighted by Crippen LogP contribution is 2.21. The Bertz CT molecular complexity index is 934. The van der Waals surface area contributed by atoms with Crippen molar-refractivity contribution in [2.75, 3.05) is 0 Å². The molecule has 0 unspecified atom stereocenters. The second-order valence-corrected chi connectivity index (χ2v) is 6.24. The highest BCUT2D eigenvalue weighted by molar-refractivity contribution is 5.83. The monoisotopic (exact) mass is 308 g/mol. The zero-order valence-electron chi connectivity index (χ0n) is 13.7. The summed E-state index contributed by atoms with van der Waals surface area (Å²) in [5, 5.41) is 2.64. The van der Waals surface area contributed by atoms with Gasteiger partial charge in [-0.1, -0.05) is 97.1 Å². The predicted molar refractivity (Wildman–Crippen MR) is 103 cm³/mol. The lowest BCUT2D eigenvalue weighted by molar-refractivity contribution is 0.963. The number of hydrogen-bond acceptors (Lipinski definition) is 0. The van der Waals surface area contributed by atoms with Crippen molar-refractivity contribution in [1.29, 1.82) is 0 Å². The zero-order chi connectivity index (χ0) is 16.2. The van der Waals surface area contributed by atoms with Gasteiger partial charge in [-0.05, 0) is 45.9 Å². The van der Waals surface area contributed by atoms with Gasteiger partial charge in [-0.25, -0.2) is 0 Å². The fourth-order valence-electron chi connectivity index (χ4n) is 3.18. The van der Waals surface area contributed by atoms with E-state index in [1.54, 1.807) is 0 Å². The van der Waals surface area contributed by atoms with Crippen LogP contribution in [0.1, 0.15) is 11.1 Å². The number of aryl methyl sites for hydroxylation is 2. The summed E-state index contributed by atoms with van der Waals surface area (Å²) in [4.78, 5) is 0. The van der Waals surface area contributed by atoms with E-state index in [1.807, 2.05) is 0 Å². The van der Waals surface area contributed by atoms with E-state index >= 15 is 0 Å². The van der Waals surface area contributed by atoms with Crippen LogP contribution in [0.4, 0.5) is 0 Å². The van der Waals surface area contributed by atoms with Gasteiger partial charge in [0, 0.05) is 0 Å². The molecule has 0 nitrogen and oxygen atoms in total. The largest absolute Gasteiger partial charge is 0.0622 e. The van der Waals surface area contributed by atoms with Crippen LogP contribution in [-0.4, -0.2) is 0 Å². The lowest BCUT2D eigenvalue weighted by Crippen LogP contribution is -1.91. The van der Waals surface area contributed by atoms with E-state index in [1.165, 1.54) is 33.0 Å². The zero-order valence-corrected chi connectivity index (χ0v) is 13.7. The summed E-state index contributed by atoms with van der Waals surface area (Å²) >= 11 is 0. The van der Waals surface area contributed by atoms with Crippen LogP contribution < -0.4 is 0 Å². The minimum atomic E-state index is 1.08. The highest BCUT2D eigenvalue weighted by Gasteiger charge is 2.00. The van der Waals surface area contributed by atoms with Crippen LogP contribution >= 0.6 is 0 Å². The molecule has 0 fully saturated rings. The van der Waals surface area contributed by atoms with Gasteiger partial charge in [-0.2, -0.15) is 0 Å². The Kier molecular flexibility index (Phi) is 4.12. The van der Waals surface area contributed by atoms with Crippen LogP contribution in [0.5, 0.6) is 0 Å². The maximum atomic E-state index is 2.31. The van der Waals surface area contributed by atoms with E-state index < -0.39 is 0 Å². The number of fused-ring (bicyclic) bond motifs is 1. The molecule has 116 valence electrons. The number of rotatable bonds is 4. The second-order valence-electron chi connectivity index (χ2n) is 6.24. The first-order valence-electron chi connectivity index (χ1n) is 8.50. The van der Waals surface area contributed by atoms with Crippen LogP contribution in [-0.2, 0) is 12.8 Å². The van der Waals surface area contributed by atoms with Gasteiger partial charge in [0.05, 0.1) is 0 Å². The Hall–Kier alpha value is -2.86. The number of hydrogen-bond donors (Lipinski definition) is 0. The molecule has 0 aliphatic carbocycles. The molecule has 0 aliphatic heterocycles. The van der Waals surface area contributed by atoms with Crippen molar-refractivity contribution in [1.82, 2.24) is 0 Å². The number of benzene rings is 4. The normalized spacial score (nSPS) is 10.8. The van der Waals surface area contributed by atoms with Gasteiger partial charge in [-0.15, -0.1) is 0 Å². The summed E-state index contributed by atoms with van der Waals surface area (Å²) in [5.74, 6) is 0. The minimum absolute atomic E-state index is 1.08. The summed E-state index contributed by atoms with van der Waals surface area (Å²) in [6, 6.07) is 34.8. The molecule has 0 saturated heterocycles. The third-order valence-corrected chi connectivity index (χ3v) is 4.58. The van der Waals surface area contributed by atoms with Crippen LogP contribution in [0.3, 0.4) is 0 Å². The first kappa shape index (κ1) is 14.7. The van der Waals surface area contributed by atoms with Gasteiger partial charge in [-0.3, -0.25) is 0 Å². The molecule has 4 rings (SSSR count). The quantitative estimate of drug-likeness (QED) is 0.415. The Morgan fingerprint density at radius 3 is 1.79 bits per heavy atom. The summed E-state index contributed by atoms with van der Waals surface area (Å²) in [6.45, 7) is 0. The minimum Gasteiger partial charge on any atom is -0.0622 e. The fourth-order valence-corrected chi connectivity index (χ4v) is 3.18. The molecule has 0 heterocycles. The van der Waals surface area contributed by atoms with Gasteiger partial charge < -0.3 is 0 Å². The predicted octanol–water partition coefficient (Wildman–Crippen LogP) is 6.29. The van der Waals surface area contributed by atoms with Crippen LogP contribution in [0.15, 0.2) is 97.1 Å². The third-order valence-electron chi connectivity index (χ3n) is 4.58. The third kappa shape index (κ3) is 3.23. The van der Waals surface area contributed by atoms with Crippen molar-refractivity contribution in [3.05, 3.63) is 108 Å². The topological polar surface area (TPSA) is 0 Å². The Morgan fingerprint density at radius 2 is 1.00 bits per heavy atom. The molecule has 0 amide bonds. The van der Waals surface area contributed by atoms with Crippen molar-refractivity contribution in [2.24, 2.45) is 0 Å². The summed E-state index contributed by atoms with van der Waals surface area (Å²) < 4.78 is 0. The highest BCUT2D eigenvalue weighted by atomic mass is 14.1. The van der Waals surface area contributed by atoms with E-state index in [0.29, 0.717) is 0 Å². The molecule has 4 aromatic carbocycles. The van der Waals surface area contributed by atoms with Crippen molar-refractivity contribution in [2.45, 2.75) is 12.8 Å². The molecular formula is C24H20. The maximum Gasteiger partial charge on any atom is -0.0181 e. The van der Waals surface area contributed by atoms with Crippen LogP contribution in [0.25, 0.3) is 21.9 Å². The van der Waals surface area contributed by atoms with Crippen molar-refractivity contribution in [3.63, 3.8) is 0 Å². The standard InChI is InChI=1S/C24H20/c1-2-6-21(7-3-1)23-15-12-19(13-16-23)10-11-20-14-17-22-8-4-5-9-24(22)18-20/h1-9,12-18H,10-11H2.